The zero-order valence-electron chi connectivity index (χ0n) is 30.0. The van der Waals surface area contributed by atoms with E-state index in [1.54, 1.807) is 24.3 Å². The van der Waals surface area contributed by atoms with Gasteiger partial charge in [-0.05, 0) is 135 Å². The lowest BCUT2D eigenvalue weighted by molar-refractivity contribution is 0.366. The number of benzene rings is 5. The Labute approximate surface area is 296 Å². The van der Waals surface area contributed by atoms with Crippen molar-refractivity contribution in [1.82, 2.24) is 10.2 Å². The van der Waals surface area contributed by atoms with Gasteiger partial charge in [-0.2, -0.15) is 10.2 Å². The molecule has 0 spiro atoms. The Kier molecular flexibility index (Phi) is 11.6. The van der Waals surface area contributed by atoms with Gasteiger partial charge in [-0.15, -0.1) is 0 Å². The van der Waals surface area contributed by atoms with Crippen molar-refractivity contribution < 1.29 is 27.2 Å². The molecule has 0 saturated carbocycles. The van der Waals surface area contributed by atoms with E-state index in [-0.39, 0.29) is 13.1 Å². The zero-order valence-corrected chi connectivity index (χ0v) is 31.8. The first kappa shape index (κ1) is 36.9. The van der Waals surface area contributed by atoms with E-state index in [1.807, 2.05) is 128 Å². The van der Waals surface area contributed by atoms with Gasteiger partial charge in [0.1, 0.15) is 23.0 Å². The molecule has 0 unspecified atom stereocenters. The average molecular weight is 713 g/mol. The van der Waals surface area contributed by atoms with Crippen molar-refractivity contribution in [1.29, 1.82) is 0 Å². The highest BCUT2D eigenvalue weighted by Gasteiger charge is 2.31. The largest absolute Gasteiger partial charge is 0.513 e. The fourth-order valence-corrected chi connectivity index (χ4v) is 8.04. The molecule has 0 aromatic heterocycles. The Morgan fingerprint density at radius 3 is 0.880 bits per heavy atom. The highest BCUT2D eigenvalue weighted by atomic mass is 31.2. The summed E-state index contributed by atoms with van der Waals surface area (Å²) in [6.07, 6.45) is 0. The van der Waals surface area contributed by atoms with E-state index < -0.39 is 15.5 Å². The van der Waals surface area contributed by atoms with E-state index in [9.17, 15) is 9.13 Å². The standard InChI is InChI=1S/C40H46N2O6P2/c1-27-13-9-17-37(31(27)5)45-49(43,46-38-18-10-14-28(2)32(38)6)41-25-35-21-23-36(24-22-35)26-42-50(44,47-39-19-11-15-29(3)33(39)7)48-40-20-12-16-30(4)34(40)8/h9-24H,25-26H2,1-8H3,(H,41,43)(H,42,44). The van der Waals surface area contributed by atoms with Crippen molar-refractivity contribution in [2.24, 2.45) is 0 Å². The van der Waals surface area contributed by atoms with Crippen LogP contribution < -0.4 is 28.3 Å². The number of hydrogen-bond donors (Lipinski definition) is 2. The molecule has 5 aromatic rings. The lowest BCUT2D eigenvalue weighted by Gasteiger charge is -2.23. The zero-order chi connectivity index (χ0) is 36.1. The topological polar surface area (TPSA) is 95.1 Å². The average Bonchev–Trinajstić information content (AvgIpc) is 3.08. The SMILES string of the molecule is Cc1cccc(OP(=O)(NCc2ccc(CNP(=O)(Oc3cccc(C)c3C)Oc3cccc(C)c3C)cc2)Oc2cccc(C)c2C)c1C. The van der Waals surface area contributed by atoms with Gasteiger partial charge in [0.25, 0.3) is 0 Å². The number of nitrogens with one attached hydrogen (secondary N) is 2. The van der Waals surface area contributed by atoms with Crippen LogP contribution in [-0.4, -0.2) is 0 Å². The Hall–Kier alpha value is -4.32. The highest BCUT2D eigenvalue weighted by molar-refractivity contribution is 7.52. The third-order valence-corrected chi connectivity index (χ3v) is 11.9. The van der Waals surface area contributed by atoms with Crippen molar-refractivity contribution in [2.75, 3.05) is 0 Å². The summed E-state index contributed by atoms with van der Waals surface area (Å²) in [6, 6.07) is 30.2. The van der Waals surface area contributed by atoms with Crippen LogP contribution in [0.5, 0.6) is 23.0 Å². The van der Waals surface area contributed by atoms with Gasteiger partial charge in [0, 0.05) is 13.1 Å². The summed E-state index contributed by atoms with van der Waals surface area (Å²) in [7, 11) is -7.77. The molecule has 5 rings (SSSR count). The first-order valence-corrected chi connectivity index (χ1v) is 19.7. The fourth-order valence-electron chi connectivity index (χ4n) is 5.13. The molecule has 50 heavy (non-hydrogen) atoms. The van der Waals surface area contributed by atoms with Gasteiger partial charge in [-0.25, -0.2) is 9.13 Å². The second-order valence-electron chi connectivity index (χ2n) is 12.6. The van der Waals surface area contributed by atoms with Crippen LogP contribution in [0.3, 0.4) is 0 Å². The Morgan fingerprint density at radius 2 is 0.640 bits per heavy atom. The molecule has 0 heterocycles. The van der Waals surface area contributed by atoms with Crippen molar-refractivity contribution in [2.45, 2.75) is 68.5 Å². The van der Waals surface area contributed by atoms with Crippen LogP contribution in [0.25, 0.3) is 0 Å². The first-order valence-electron chi connectivity index (χ1n) is 16.6. The molecule has 0 aliphatic heterocycles. The van der Waals surface area contributed by atoms with Gasteiger partial charge in [0.15, 0.2) is 0 Å². The van der Waals surface area contributed by atoms with Gasteiger partial charge in [0.2, 0.25) is 0 Å². The molecule has 262 valence electrons. The molecular weight excluding hydrogens is 666 g/mol. The molecule has 0 saturated heterocycles. The third kappa shape index (κ3) is 9.07. The smallest absolute Gasteiger partial charge is 0.404 e. The molecule has 0 atom stereocenters. The van der Waals surface area contributed by atoms with Crippen LogP contribution >= 0.6 is 15.5 Å². The highest BCUT2D eigenvalue weighted by Crippen LogP contribution is 2.48. The normalized spacial score (nSPS) is 11.7. The lowest BCUT2D eigenvalue weighted by atomic mass is 10.1. The van der Waals surface area contributed by atoms with Gasteiger partial charge >= 0.3 is 15.5 Å². The van der Waals surface area contributed by atoms with Crippen LogP contribution in [0.2, 0.25) is 0 Å². The molecule has 0 radical (unpaired) electrons. The predicted molar refractivity (Wildman–Crippen MR) is 202 cm³/mol. The van der Waals surface area contributed by atoms with E-state index in [0.29, 0.717) is 23.0 Å². The van der Waals surface area contributed by atoms with Crippen LogP contribution in [0.4, 0.5) is 0 Å². The molecule has 10 heteroatoms. The van der Waals surface area contributed by atoms with E-state index in [0.717, 1.165) is 55.6 Å². The molecular formula is C40H46N2O6P2. The number of hydrogen-bond acceptors (Lipinski definition) is 6. The molecule has 0 aliphatic carbocycles. The van der Waals surface area contributed by atoms with Crippen molar-refractivity contribution in [3.8, 4) is 23.0 Å². The Morgan fingerprint density at radius 1 is 0.400 bits per heavy atom. The second-order valence-corrected chi connectivity index (χ2v) is 16.0. The van der Waals surface area contributed by atoms with Gasteiger partial charge in [-0.3, -0.25) is 0 Å². The summed E-state index contributed by atoms with van der Waals surface area (Å²) >= 11 is 0. The van der Waals surface area contributed by atoms with Gasteiger partial charge < -0.3 is 18.1 Å². The third-order valence-electron chi connectivity index (χ3n) is 9.07. The maximum absolute atomic E-state index is 14.3. The van der Waals surface area contributed by atoms with E-state index >= 15 is 0 Å². The van der Waals surface area contributed by atoms with Crippen molar-refractivity contribution in [3.63, 3.8) is 0 Å². The quantitative estimate of drug-likeness (QED) is 0.110. The predicted octanol–water partition coefficient (Wildman–Crippen LogP) is 10.9. The number of rotatable bonds is 14. The van der Waals surface area contributed by atoms with Crippen LogP contribution in [0, 0.1) is 55.4 Å². The molecule has 0 amide bonds. The monoisotopic (exact) mass is 712 g/mol. The Bertz CT molecular complexity index is 1820. The lowest BCUT2D eigenvalue weighted by Crippen LogP contribution is -2.20. The molecule has 5 aromatic carbocycles. The van der Waals surface area contributed by atoms with E-state index in [4.69, 9.17) is 18.1 Å². The Balaban J connectivity index is 1.32. The second kappa shape index (κ2) is 15.7. The van der Waals surface area contributed by atoms with Gasteiger partial charge in [0.05, 0.1) is 0 Å². The maximum atomic E-state index is 14.3. The summed E-state index contributed by atoms with van der Waals surface area (Å²) in [5.41, 5.74) is 9.33. The molecule has 8 nitrogen and oxygen atoms in total. The first-order chi connectivity index (χ1) is 23.8. The van der Waals surface area contributed by atoms with Crippen molar-refractivity contribution in [3.05, 3.63) is 153 Å². The minimum absolute atomic E-state index is 0.213. The van der Waals surface area contributed by atoms with E-state index in [2.05, 4.69) is 10.2 Å². The maximum Gasteiger partial charge on any atom is 0.513 e. The summed E-state index contributed by atoms with van der Waals surface area (Å²) in [4.78, 5) is 0. The van der Waals surface area contributed by atoms with Gasteiger partial charge in [-0.1, -0.05) is 72.8 Å². The van der Waals surface area contributed by atoms with Crippen LogP contribution in [0.1, 0.15) is 55.6 Å². The minimum atomic E-state index is -3.88. The molecule has 2 N–H and O–H groups in total. The summed E-state index contributed by atoms with van der Waals surface area (Å²) < 4.78 is 53.1. The summed E-state index contributed by atoms with van der Waals surface area (Å²) in [5, 5.41) is 6.13. The molecule has 0 fully saturated rings. The minimum Gasteiger partial charge on any atom is -0.404 e. The fraction of sp³-hybridized carbons (Fsp3) is 0.250. The van der Waals surface area contributed by atoms with Crippen molar-refractivity contribution >= 4 is 15.5 Å². The summed E-state index contributed by atoms with van der Waals surface area (Å²) in [6.45, 7) is 16.1. The molecule has 0 aliphatic rings. The van der Waals surface area contributed by atoms with Crippen LogP contribution in [-0.2, 0) is 22.2 Å². The van der Waals surface area contributed by atoms with E-state index in [1.165, 1.54) is 0 Å². The molecule has 0 bridgehead atoms. The summed E-state index contributed by atoms with van der Waals surface area (Å²) in [5.74, 6) is 1.96. The van der Waals surface area contributed by atoms with Crippen LogP contribution in [0.15, 0.2) is 97.1 Å². The number of aryl methyl sites for hydroxylation is 4.